The predicted molar refractivity (Wildman–Crippen MR) is 87.6 cm³/mol. The minimum Gasteiger partial charge on any atom is -0.360 e. The molecule has 0 spiro atoms. The molecule has 1 fully saturated rings. The maximum Gasteiger partial charge on any atom is 0.166 e. The smallest absolute Gasteiger partial charge is 0.166 e. The highest BCUT2D eigenvalue weighted by Gasteiger charge is 2.16. The minimum absolute atomic E-state index is 0.469. The molecule has 0 saturated heterocycles. The van der Waals surface area contributed by atoms with E-state index in [4.69, 9.17) is 12.2 Å². The Labute approximate surface area is 124 Å². The van der Waals surface area contributed by atoms with Gasteiger partial charge in [0.2, 0.25) is 0 Å². The molecule has 1 atom stereocenters. The largest absolute Gasteiger partial charge is 0.360 e. The maximum atomic E-state index is 5.38. The monoisotopic (exact) mass is 285 g/mol. The van der Waals surface area contributed by atoms with Gasteiger partial charge in [0, 0.05) is 12.1 Å². The highest BCUT2D eigenvalue weighted by atomic mass is 32.1. The van der Waals surface area contributed by atoms with E-state index in [2.05, 4.69) is 36.3 Å². The van der Waals surface area contributed by atoms with Crippen LogP contribution >= 0.6 is 12.2 Å². The lowest BCUT2D eigenvalue weighted by molar-refractivity contribution is 0.292. The zero-order valence-electron chi connectivity index (χ0n) is 12.9. The molecular weight excluding hydrogens is 254 g/mol. The van der Waals surface area contributed by atoms with E-state index in [1.807, 2.05) is 0 Å². The quantitative estimate of drug-likeness (QED) is 0.671. The third kappa shape index (κ3) is 7.11. The Balaban J connectivity index is 2.08. The van der Waals surface area contributed by atoms with Crippen LogP contribution in [0, 0.1) is 0 Å². The van der Waals surface area contributed by atoms with Gasteiger partial charge >= 0.3 is 0 Å². The van der Waals surface area contributed by atoms with Gasteiger partial charge in [-0.3, -0.25) is 0 Å². The lowest BCUT2D eigenvalue weighted by Gasteiger charge is -2.22. The highest BCUT2D eigenvalue weighted by Crippen LogP contribution is 2.17. The summed E-state index contributed by atoms with van der Waals surface area (Å²) >= 11 is 5.38. The van der Waals surface area contributed by atoms with Gasteiger partial charge in [-0.05, 0) is 64.5 Å². The van der Waals surface area contributed by atoms with Crippen molar-refractivity contribution in [1.82, 2.24) is 15.5 Å². The SMILES string of the molecule is CCN(CC)CCCC(C)NC(=S)NC1CCCC1. The number of hydrogen-bond acceptors (Lipinski definition) is 2. The Bertz CT molecular complexity index is 248. The first-order valence-electron chi connectivity index (χ1n) is 7.95. The molecule has 2 N–H and O–H groups in total. The summed E-state index contributed by atoms with van der Waals surface area (Å²) in [5.74, 6) is 0. The van der Waals surface area contributed by atoms with Gasteiger partial charge in [-0.15, -0.1) is 0 Å². The van der Waals surface area contributed by atoms with Gasteiger partial charge < -0.3 is 15.5 Å². The van der Waals surface area contributed by atoms with E-state index >= 15 is 0 Å². The molecule has 1 aliphatic carbocycles. The number of nitrogens with zero attached hydrogens (tertiary/aromatic N) is 1. The second kappa shape index (κ2) is 9.54. The Morgan fingerprint density at radius 1 is 1.26 bits per heavy atom. The molecule has 3 nitrogen and oxygen atoms in total. The molecule has 4 heteroatoms. The molecule has 1 aliphatic rings. The standard InChI is InChI=1S/C15H31N3S/c1-4-18(5-2)12-8-9-13(3)16-15(19)17-14-10-6-7-11-14/h13-14H,4-12H2,1-3H3,(H2,16,17,19). The summed E-state index contributed by atoms with van der Waals surface area (Å²) in [6, 6.07) is 1.08. The molecule has 0 aliphatic heterocycles. The van der Waals surface area contributed by atoms with Crippen molar-refractivity contribution in [2.45, 2.75) is 71.4 Å². The predicted octanol–water partition coefficient (Wildman–Crippen LogP) is 2.90. The summed E-state index contributed by atoms with van der Waals surface area (Å²) in [6.07, 6.45) is 7.67. The Morgan fingerprint density at radius 3 is 2.47 bits per heavy atom. The summed E-state index contributed by atoms with van der Waals surface area (Å²) in [5.41, 5.74) is 0. The molecule has 1 saturated carbocycles. The average Bonchev–Trinajstić information content (AvgIpc) is 2.87. The summed E-state index contributed by atoms with van der Waals surface area (Å²) in [5, 5.41) is 7.71. The van der Waals surface area contributed by atoms with Crippen LogP contribution in [0.15, 0.2) is 0 Å². The van der Waals surface area contributed by atoms with Crippen molar-refractivity contribution in [3.05, 3.63) is 0 Å². The zero-order chi connectivity index (χ0) is 14.1. The second-order valence-electron chi connectivity index (χ2n) is 5.67. The number of nitrogens with one attached hydrogen (secondary N) is 2. The van der Waals surface area contributed by atoms with Crippen molar-refractivity contribution in [2.75, 3.05) is 19.6 Å². The van der Waals surface area contributed by atoms with Gasteiger partial charge in [0.05, 0.1) is 0 Å². The van der Waals surface area contributed by atoms with E-state index in [1.54, 1.807) is 0 Å². The van der Waals surface area contributed by atoms with Crippen LogP contribution in [0.4, 0.5) is 0 Å². The van der Waals surface area contributed by atoms with Crippen molar-refractivity contribution in [3.8, 4) is 0 Å². The fraction of sp³-hybridized carbons (Fsp3) is 0.933. The molecule has 0 aromatic rings. The van der Waals surface area contributed by atoms with E-state index in [9.17, 15) is 0 Å². The summed E-state index contributed by atoms with van der Waals surface area (Å²) in [4.78, 5) is 2.47. The normalized spacial score (nSPS) is 17.7. The molecule has 0 amide bonds. The van der Waals surface area contributed by atoms with Gasteiger partial charge in [-0.25, -0.2) is 0 Å². The fourth-order valence-corrected chi connectivity index (χ4v) is 3.12. The van der Waals surface area contributed by atoms with Crippen molar-refractivity contribution >= 4 is 17.3 Å². The van der Waals surface area contributed by atoms with Crippen molar-refractivity contribution in [2.24, 2.45) is 0 Å². The van der Waals surface area contributed by atoms with Crippen LogP contribution in [0.2, 0.25) is 0 Å². The van der Waals surface area contributed by atoms with Crippen molar-refractivity contribution in [3.63, 3.8) is 0 Å². The van der Waals surface area contributed by atoms with Gasteiger partial charge in [0.15, 0.2) is 5.11 Å². The third-order valence-electron chi connectivity index (χ3n) is 4.07. The molecule has 0 heterocycles. The Hall–Kier alpha value is -0.350. The lowest BCUT2D eigenvalue weighted by atomic mass is 10.2. The van der Waals surface area contributed by atoms with E-state index in [0.29, 0.717) is 12.1 Å². The topological polar surface area (TPSA) is 27.3 Å². The van der Waals surface area contributed by atoms with Crippen molar-refractivity contribution in [1.29, 1.82) is 0 Å². The molecule has 1 rings (SSSR count). The number of rotatable bonds is 8. The number of thiocarbonyl (C=S) groups is 1. The van der Waals surface area contributed by atoms with Crippen LogP contribution in [0.5, 0.6) is 0 Å². The molecule has 19 heavy (non-hydrogen) atoms. The molecule has 1 unspecified atom stereocenters. The van der Waals surface area contributed by atoms with E-state index < -0.39 is 0 Å². The lowest BCUT2D eigenvalue weighted by Crippen LogP contribution is -2.44. The molecule has 112 valence electrons. The van der Waals surface area contributed by atoms with Gasteiger partial charge in [-0.1, -0.05) is 26.7 Å². The van der Waals surface area contributed by atoms with Crippen LogP contribution in [-0.4, -0.2) is 41.7 Å². The summed E-state index contributed by atoms with van der Waals surface area (Å²) in [6.45, 7) is 10.2. The van der Waals surface area contributed by atoms with Gasteiger partial charge in [0.1, 0.15) is 0 Å². The maximum absolute atomic E-state index is 5.38. The average molecular weight is 286 g/mol. The third-order valence-corrected chi connectivity index (χ3v) is 4.31. The van der Waals surface area contributed by atoms with Crippen LogP contribution in [-0.2, 0) is 0 Å². The summed E-state index contributed by atoms with van der Waals surface area (Å²) in [7, 11) is 0. The summed E-state index contributed by atoms with van der Waals surface area (Å²) < 4.78 is 0. The first-order chi connectivity index (χ1) is 9.15. The van der Waals surface area contributed by atoms with E-state index in [0.717, 1.165) is 18.2 Å². The minimum atomic E-state index is 0.469. The van der Waals surface area contributed by atoms with E-state index in [-0.39, 0.29) is 0 Å². The van der Waals surface area contributed by atoms with Crippen LogP contribution < -0.4 is 10.6 Å². The van der Waals surface area contributed by atoms with Crippen molar-refractivity contribution < 1.29 is 0 Å². The fourth-order valence-electron chi connectivity index (χ4n) is 2.75. The second-order valence-corrected chi connectivity index (χ2v) is 6.08. The van der Waals surface area contributed by atoms with Gasteiger partial charge in [0.25, 0.3) is 0 Å². The van der Waals surface area contributed by atoms with Crippen LogP contribution in [0.3, 0.4) is 0 Å². The molecule has 0 aromatic carbocycles. The molecule has 0 aromatic heterocycles. The Kier molecular flexibility index (Phi) is 8.38. The van der Waals surface area contributed by atoms with Crippen LogP contribution in [0.1, 0.15) is 59.3 Å². The first-order valence-corrected chi connectivity index (χ1v) is 8.35. The Morgan fingerprint density at radius 2 is 1.89 bits per heavy atom. The number of hydrogen-bond donors (Lipinski definition) is 2. The molecule has 0 bridgehead atoms. The van der Waals surface area contributed by atoms with Crippen LogP contribution in [0.25, 0.3) is 0 Å². The molecule has 0 radical (unpaired) electrons. The van der Waals surface area contributed by atoms with Gasteiger partial charge in [-0.2, -0.15) is 0 Å². The van der Waals surface area contributed by atoms with E-state index in [1.165, 1.54) is 45.1 Å². The first kappa shape index (κ1) is 16.7. The molecular formula is C15H31N3S. The highest BCUT2D eigenvalue weighted by molar-refractivity contribution is 7.80. The zero-order valence-corrected chi connectivity index (χ0v) is 13.7.